The van der Waals surface area contributed by atoms with Gasteiger partial charge in [-0.25, -0.2) is 9.97 Å². The Balaban J connectivity index is 2.19. The zero-order chi connectivity index (χ0) is 29.2. The molecule has 0 unspecified atom stereocenters. The molecule has 6 nitrogen and oxygen atoms in total. The number of hydrogen-bond donors (Lipinski definition) is 0. The second kappa shape index (κ2) is 10.6. The van der Waals surface area contributed by atoms with Gasteiger partial charge < -0.3 is 0 Å². The van der Waals surface area contributed by atoms with Crippen LogP contribution in [0.5, 0.6) is 0 Å². The summed E-state index contributed by atoms with van der Waals surface area (Å²) < 4.78 is 79.1. The molecule has 0 bridgehead atoms. The van der Waals surface area contributed by atoms with Crippen LogP contribution in [0.1, 0.15) is 11.1 Å². The van der Waals surface area contributed by atoms with Gasteiger partial charge in [0.05, 0.1) is 31.6 Å². The summed E-state index contributed by atoms with van der Waals surface area (Å²) in [5.74, 6) is 0. The van der Waals surface area contributed by atoms with E-state index in [4.69, 9.17) is 0 Å². The van der Waals surface area contributed by atoms with E-state index in [9.17, 15) is 47.4 Å². The highest BCUT2D eigenvalue weighted by Crippen LogP contribution is 2.33. The highest BCUT2D eigenvalue weighted by atomic mass is 32.1. The molecule has 4 rings (SSSR count). The lowest BCUT2D eigenvalue weighted by molar-refractivity contribution is -0.138. The van der Waals surface area contributed by atoms with Gasteiger partial charge in [-0.3, -0.25) is 0 Å². The lowest BCUT2D eigenvalue weighted by Crippen LogP contribution is -2.04. The molecular weight excluding hydrogens is 574 g/mol. The molecule has 4 aromatic rings. The first-order valence-corrected chi connectivity index (χ1v) is 12.3. The van der Waals surface area contributed by atoms with Gasteiger partial charge in [-0.2, -0.15) is 47.4 Å². The Labute approximate surface area is 228 Å². The number of aromatic nitrogens is 2. The van der Waals surface area contributed by atoms with E-state index in [1.807, 2.05) is 0 Å². The molecule has 0 spiro atoms. The van der Waals surface area contributed by atoms with Crippen LogP contribution in [-0.2, 0) is 12.4 Å². The number of alkyl halides is 6. The second-order valence-corrected chi connectivity index (χ2v) is 9.74. The van der Waals surface area contributed by atoms with Crippen molar-refractivity contribution in [2.24, 2.45) is 0 Å². The summed E-state index contributed by atoms with van der Waals surface area (Å²) in [4.78, 5) is 8.63. The van der Waals surface area contributed by atoms with Crippen LogP contribution in [0.2, 0.25) is 0 Å². The number of nitriles is 4. The van der Waals surface area contributed by atoms with Crippen molar-refractivity contribution in [2.75, 3.05) is 0 Å². The van der Waals surface area contributed by atoms with Crippen LogP contribution in [0.4, 0.5) is 26.3 Å². The van der Waals surface area contributed by atoms with Crippen molar-refractivity contribution in [3.8, 4) is 46.8 Å². The SMILES string of the molecule is N#CC(C#N)=c1nc(-c2ccc(C(F)(F)F)cc2)/c(=c2\sc(=C(C#N)C#N)nc2-c2ccc(C(F)(F)F)cc2)s1. The average molecular weight is 583 g/mol. The third-order valence-corrected chi connectivity index (χ3v) is 7.62. The first-order valence-electron chi connectivity index (χ1n) is 10.6. The van der Waals surface area contributed by atoms with Gasteiger partial charge in [-0.15, -0.1) is 22.7 Å². The standard InChI is InChI=1S/C26H8F6N6S2/c27-25(28,29)17-5-1-13(2-6-17)19-21(39-23(37-19)15(9-33)10-34)22-20(38-24(40-22)16(11-35)12-36)14-3-7-18(8-4-14)26(30,31)32/h1-8H/b22-21+. The fourth-order valence-corrected chi connectivity index (χ4v) is 5.63. The van der Waals surface area contributed by atoms with E-state index in [0.29, 0.717) is 0 Å². The largest absolute Gasteiger partial charge is 0.416 e. The second-order valence-electron chi connectivity index (χ2n) is 7.74. The van der Waals surface area contributed by atoms with Crippen molar-refractivity contribution in [3.05, 3.63) is 78.0 Å². The molecule has 0 atom stereocenters. The topological polar surface area (TPSA) is 121 Å². The molecule has 196 valence electrons. The minimum absolute atomic E-state index is 0.0620. The summed E-state index contributed by atoms with van der Waals surface area (Å²) in [6, 6.07) is 14.6. The molecule has 14 heteroatoms. The average Bonchev–Trinajstić information content (AvgIpc) is 3.55. The molecule has 0 amide bonds. The van der Waals surface area contributed by atoms with Gasteiger partial charge in [0.15, 0.2) is 11.1 Å². The number of nitrogens with zero attached hydrogens (tertiary/aromatic N) is 6. The van der Waals surface area contributed by atoms with E-state index in [2.05, 4.69) is 9.97 Å². The van der Waals surface area contributed by atoms with Crippen molar-refractivity contribution in [3.63, 3.8) is 0 Å². The maximum absolute atomic E-state index is 13.1. The molecule has 0 saturated carbocycles. The summed E-state index contributed by atoms with van der Waals surface area (Å²) >= 11 is 1.66. The van der Waals surface area contributed by atoms with Crippen molar-refractivity contribution >= 4 is 33.8 Å². The number of halogens is 6. The number of thiazole rings is 2. The fourth-order valence-electron chi connectivity index (χ4n) is 3.43. The molecule has 40 heavy (non-hydrogen) atoms. The number of hydrogen-bond acceptors (Lipinski definition) is 8. The van der Waals surface area contributed by atoms with Crippen molar-refractivity contribution < 1.29 is 26.3 Å². The van der Waals surface area contributed by atoms with Gasteiger partial charge in [0.25, 0.3) is 0 Å². The molecule has 2 aromatic heterocycles. The Morgan fingerprint density at radius 2 is 0.850 bits per heavy atom. The Hall–Kier alpha value is -5.02. The zero-order valence-corrected chi connectivity index (χ0v) is 21.0. The Morgan fingerprint density at radius 3 is 1.10 bits per heavy atom. The normalized spacial score (nSPS) is 12.1. The van der Waals surface area contributed by atoms with Crippen LogP contribution in [0, 0.1) is 54.4 Å². The van der Waals surface area contributed by atoms with E-state index < -0.39 is 23.5 Å². The molecule has 0 aliphatic heterocycles. The predicted molar refractivity (Wildman–Crippen MR) is 131 cm³/mol. The quantitative estimate of drug-likeness (QED) is 0.282. The van der Waals surface area contributed by atoms with Crippen molar-refractivity contribution in [1.29, 1.82) is 21.0 Å². The van der Waals surface area contributed by atoms with E-state index in [1.54, 1.807) is 24.3 Å². The van der Waals surface area contributed by atoms with Crippen molar-refractivity contribution in [1.82, 2.24) is 9.97 Å². The van der Waals surface area contributed by atoms with Crippen LogP contribution in [-0.4, -0.2) is 9.97 Å². The van der Waals surface area contributed by atoms with Gasteiger partial charge >= 0.3 is 12.4 Å². The highest BCUT2D eigenvalue weighted by molar-refractivity contribution is 7.11. The molecule has 0 aliphatic rings. The van der Waals surface area contributed by atoms with Crippen LogP contribution < -0.4 is 9.33 Å². The smallest absolute Gasteiger partial charge is 0.234 e. The van der Waals surface area contributed by atoms with Crippen molar-refractivity contribution in [2.45, 2.75) is 12.4 Å². The third kappa shape index (κ3) is 5.41. The fraction of sp³-hybridized carbons (Fsp3) is 0.0769. The maximum atomic E-state index is 13.1. The predicted octanol–water partition coefficient (Wildman–Crippen LogP) is 5.65. The maximum Gasteiger partial charge on any atom is 0.416 e. The molecule has 2 aromatic carbocycles. The summed E-state index contributed by atoms with van der Waals surface area (Å²) in [5.41, 5.74) is -2.13. The Morgan fingerprint density at radius 1 is 0.550 bits per heavy atom. The summed E-state index contributed by atoms with van der Waals surface area (Å²) in [6.07, 6.45) is -9.22. The minimum Gasteiger partial charge on any atom is -0.234 e. The Bertz CT molecular complexity index is 1830. The third-order valence-electron chi connectivity index (χ3n) is 5.31. The lowest BCUT2D eigenvalue weighted by Gasteiger charge is -2.07. The van der Waals surface area contributed by atoms with Gasteiger partial charge in [0, 0.05) is 11.1 Å². The molecular formula is C26H8F6N6S2. The van der Waals surface area contributed by atoms with E-state index in [0.717, 1.165) is 71.2 Å². The monoisotopic (exact) mass is 582 g/mol. The first kappa shape index (κ1) is 28.0. The van der Waals surface area contributed by atoms with E-state index in [1.165, 1.54) is 0 Å². The molecule has 0 aliphatic carbocycles. The van der Waals surface area contributed by atoms with Gasteiger partial charge in [0.1, 0.15) is 33.6 Å². The Kier molecular flexibility index (Phi) is 7.44. The number of rotatable bonds is 2. The number of benzene rings is 2. The minimum atomic E-state index is -4.61. The lowest BCUT2D eigenvalue weighted by atomic mass is 10.1. The highest BCUT2D eigenvalue weighted by Gasteiger charge is 2.31. The molecule has 0 radical (unpaired) electrons. The van der Waals surface area contributed by atoms with E-state index in [-0.39, 0.29) is 52.1 Å². The zero-order valence-electron chi connectivity index (χ0n) is 19.4. The van der Waals surface area contributed by atoms with Crippen LogP contribution >= 0.6 is 22.7 Å². The van der Waals surface area contributed by atoms with Gasteiger partial charge in [-0.1, -0.05) is 24.3 Å². The van der Waals surface area contributed by atoms with Crippen LogP contribution in [0.15, 0.2) is 48.5 Å². The van der Waals surface area contributed by atoms with Gasteiger partial charge in [0.2, 0.25) is 0 Å². The molecule has 0 saturated heterocycles. The first-order chi connectivity index (χ1) is 18.9. The molecule has 2 heterocycles. The molecule has 0 fully saturated rings. The summed E-state index contributed by atoms with van der Waals surface area (Å²) in [6.45, 7) is 0. The van der Waals surface area contributed by atoms with E-state index >= 15 is 0 Å². The molecule has 0 N–H and O–H groups in total. The summed E-state index contributed by atoms with van der Waals surface area (Å²) in [7, 11) is 0. The summed E-state index contributed by atoms with van der Waals surface area (Å²) in [5, 5.41) is 37.5. The van der Waals surface area contributed by atoms with Gasteiger partial charge in [-0.05, 0) is 24.3 Å². The van der Waals surface area contributed by atoms with Crippen LogP contribution in [0.3, 0.4) is 0 Å². The van der Waals surface area contributed by atoms with Crippen LogP contribution in [0.25, 0.3) is 33.7 Å².